The third-order valence-corrected chi connectivity index (χ3v) is 2.86. The first-order valence-corrected chi connectivity index (χ1v) is 6.27. The van der Waals surface area contributed by atoms with Crippen LogP contribution >= 0.6 is 0 Å². The summed E-state index contributed by atoms with van der Waals surface area (Å²) in [4.78, 5) is 1.70. The van der Waals surface area contributed by atoms with Crippen molar-refractivity contribution in [1.29, 1.82) is 0 Å². The highest BCUT2D eigenvalue weighted by molar-refractivity contribution is 5.19. The minimum Gasteiger partial charge on any atom is -0.313 e. The minimum absolute atomic E-state index is 0.0254. The number of likely N-dealkylation sites (N-methyl/N-ethyl adjacent to an activating group) is 1. The van der Waals surface area contributed by atoms with Gasteiger partial charge in [-0.25, -0.2) is 8.78 Å². The molecule has 0 aromatic heterocycles. The smallest absolute Gasteiger partial charge is 0.251 e. The van der Waals surface area contributed by atoms with Gasteiger partial charge in [0.15, 0.2) is 0 Å². The first-order valence-electron chi connectivity index (χ1n) is 6.27. The Labute approximate surface area is 108 Å². The standard InChI is InChI=1S/C14H22F2N2/c1-11(2)17-9-13(18(3)10-14(15)16)12-7-5-4-6-8-12/h4-8,11,13-14,17H,9-10H2,1-3H3. The van der Waals surface area contributed by atoms with Gasteiger partial charge in [-0.3, -0.25) is 4.90 Å². The molecule has 18 heavy (non-hydrogen) atoms. The van der Waals surface area contributed by atoms with E-state index in [1.807, 2.05) is 30.3 Å². The number of nitrogens with one attached hydrogen (secondary N) is 1. The van der Waals surface area contributed by atoms with Crippen LogP contribution in [-0.2, 0) is 0 Å². The predicted molar refractivity (Wildman–Crippen MR) is 71.0 cm³/mol. The molecule has 1 N–H and O–H groups in total. The van der Waals surface area contributed by atoms with Crippen LogP contribution in [0.3, 0.4) is 0 Å². The van der Waals surface area contributed by atoms with E-state index in [9.17, 15) is 8.78 Å². The molecule has 0 bridgehead atoms. The van der Waals surface area contributed by atoms with Crippen molar-refractivity contribution in [3.63, 3.8) is 0 Å². The van der Waals surface area contributed by atoms with Gasteiger partial charge in [-0.1, -0.05) is 44.2 Å². The van der Waals surface area contributed by atoms with Crippen molar-refractivity contribution in [2.24, 2.45) is 0 Å². The molecule has 0 aliphatic carbocycles. The number of alkyl halides is 2. The van der Waals surface area contributed by atoms with E-state index in [4.69, 9.17) is 0 Å². The Morgan fingerprint density at radius 3 is 2.28 bits per heavy atom. The van der Waals surface area contributed by atoms with Crippen molar-refractivity contribution < 1.29 is 8.78 Å². The summed E-state index contributed by atoms with van der Waals surface area (Å²) in [5.41, 5.74) is 1.06. The Bertz CT molecular complexity index is 328. The average molecular weight is 256 g/mol. The van der Waals surface area contributed by atoms with Gasteiger partial charge in [0.05, 0.1) is 6.54 Å². The van der Waals surface area contributed by atoms with Crippen LogP contribution in [0.4, 0.5) is 8.78 Å². The zero-order chi connectivity index (χ0) is 13.5. The largest absolute Gasteiger partial charge is 0.313 e. The van der Waals surface area contributed by atoms with Crippen molar-refractivity contribution in [1.82, 2.24) is 10.2 Å². The quantitative estimate of drug-likeness (QED) is 0.807. The molecule has 0 fully saturated rings. The topological polar surface area (TPSA) is 15.3 Å². The molecular weight excluding hydrogens is 234 g/mol. The second-order valence-corrected chi connectivity index (χ2v) is 4.82. The Balaban J connectivity index is 2.74. The van der Waals surface area contributed by atoms with Crippen LogP contribution in [0.1, 0.15) is 25.5 Å². The van der Waals surface area contributed by atoms with E-state index in [1.54, 1.807) is 11.9 Å². The lowest BCUT2D eigenvalue weighted by molar-refractivity contribution is 0.0798. The highest BCUT2D eigenvalue weighted by Gasteiger charge is 2.19. The molecule has 0 amide bonds. The number of nitrogens with zero attached hydrogens (tertiary/aromatic N) is 1. The van der Waals surface area contributed by atoms with Gasteiger partial charge in [-0.05, 0) is 12.6 Å². The van der Waals surface area contributed by atoms with Gasteiger partial charge in [0.25, 0.3) is 6.43 Å². The van der Waals surface area contributed by atoms with Crippen molar-refractivity contribution in [3.8, 4) is 0 Å². The molecule has 0 aliphatic rings. The summed E-state index contributed by atoms with van der Waals surface area (Å²) >= 11 is 0. The maximum absolute atomic E-state index is 12.5. The lowest BCUT2D eigenvalue weighted by Crippen LogP contribution is -2.38. The molecule has 4 heteroatoms. The summed E-state index contributed by atoms with van der Waals surface area (Å²) in [6.45, 7) is 4.56. The first kappa shape index (κ1) is 15.1. The van der Waals surface area contributed by atoms with Crippen LogP contribution in [0, 0.1) is 0 Å². The van der Waals surface area contributed by atoms with Gasteiger partial charge in [0, 0.05) is 18.6 Å². The molecule has 0 radical (unpaired) electrons. The molecule has 1 aromatic carbocycles. The SMILES string of the molecule is CC(C)NCC(c1ccccc1)N(C)CC(F)F. The molecule has 0 heterocycles. The number of halogens is 2. The average Bonchev–Trinajstić information content (AvgIpc) is 2.29. The molecule has 1 rings (SSSR count). The van der Waals surface area contributed by atoms with Crippen LogP contribution in [0.2, 0.25) is 0 Å². The van der Waals surface area contributed by atoms with Gasteiger partial charge in [0.1, 0.15) is 0 Å². The van der Waals surface area contributed by atoms with Crippen LogP contribution in [0.25, 0.3) is 0 Å². The van der Waals surface area contributed by atoms with Gasteiger partial charge in [-0.15, -0.1) is 0 Å². The van der Waals surface area contributed by atoms with Crippen molar-refractivity contribution in [2.75, 3.05) is 20.1 Å². The number of rotatable bonds is 7. The molecule has 0 saturated heterocycles. The highest BCUT2D eigenvalue weighted by Crippen LogP contribution is 2.19. The fourth-order valence-corrected chi connectivity index (χ4v) is 1.90. The van der Waals surface area contributed by atoms with E-state index in [0.717, 1.165) is 5.56 Å². The van der Waals surface area contributed by atoms with Crippen molar-refractivity contribution in [2.45, 2.75) is 32.4 Å². The maximum atomic E-state index is 12.5. The molecule has 102 valence electrons. The molecule has 0 aliphatic heterocycles. The lowest BCUT2D eigenvalue weighted by atomic mass is 10.1. The summed E-state index contributed by atoms with van der Waals surface area (Å²) in [5, 5.41) is 3.31. The van der Waals surface area contributed by atoms with E-state index in [-0.39, 0.29) is 12.6 Å². The second kappa shape index (κ2) is 7.44. The Morgan fingerprint density at radius 2 is 1.78 bits per heavy atom. The monoisotopic (exact) mass is 256 g/mol. The van der Waals surface area contributed by atoms with Crippen molar-refractivity contribution in [3.05, 3.63) is 35.9 Å². The van der Waals surface area contributed by atoms with E-state index >= 15 is 0 Å². The first-order chi connectivity index (χ1) is 8.50. The molecule has 0 saturated carbocycles. The normalized spacial score (nSPS) is 13.6. The molecular formula is C14H22F2N2. The fourth-order valence-electron chi connectivity index (χ4n) is 1.90. The van der Waals surface area contributed by atoms with E-state index in [0.29, 0.717) is 12.6 Å². The molecule has 1 unspecified atom stereocenters. The van der Waals surface area contributed by atoms with Gasteiger partial charge < -0.3 is 5.32 Å². The molecule has 1 aromatic rings. The lowest BCUT2D eigenvalue weighted by Gasteiger charge is -2.29. The van der Waals surface area contributed by atoms with Crippen LogP contribution < -0.4 is 5.32 Å². The number of hydrogen-bond donors (Lipinski definition) is 1. The van der Waals surface area contributed by atoms with Gasteiger partial charge in [0.2, 0.25) is 0 Å². The summed E-state index contributed by atoms with van der Waals surface area (Å²) < 4.78 is 25.0. The Hall–Kier alpha value is -1.00. The number of hydrogen-bond acceptors (Lipinski definition) is 2. The zero-order valence-corrected chi connectivity index (χ0v) is 11.2. The Kier molecular flexibility index (Phi) is 6.22. The van der Waals surface area contributed by atoms with Gasteiger partial charge >= 0.3 is 0 Å². The molecule has 1 atom stereocenters. The van der Waals surface area contributed by atoms with Crippen LogP contribution in [0.15, 0.2) is 30.3 Å². The summed E-state index contributed by atoms with van der Waals surface area (Å²) in [6, 6.07) is 10.1. The van der Waals surface area contributed by atoms with E-state index in [2.05, 4.69) is 19.2 Å². The third kappa shape index (κ3) is 5.10. The highest BCUT2D eigenvalue weighted by atomic mass is 19.3. The van der Waals surface area contributed by atoms with Gasteiger partial charge in [-0.2, -0.15) is 0 Å². The van der Waals surface area contributed by atoms with E-state index < -0.39 is 6.43 Å². The minimum atomic E-state index is -2.31. The summed E-state index contributed by atoms with van der Waals surface area (Å²) in [7, 11) is 1.74. The predicted octanol–water partition coefficient (Wildman–Crippen LogP) is 2.92. The number of benzene rings is 1. The molecule has 2 nitrogen and oxygen atoms in total. The third-order valence-electron chi connectivity index (χ3n) is 2.86. The van der Waals surface area contributed by atoms with Crippen molar-refractivity contribution >= 4 is 0 Å². The zero-order valence-electron chi connectivity index (χ0n) is 11.2. The molecule has 0 spiro atoms. The second-order valence-electron chi connectivity index (χ2n) is 4.82. The van der Waals surface area contributed by atoms with Crippen LogP contribution in [0.5, 0.6) is 0 Å². The fraction of sp³-hybridized carbons (Fsp3) is 0.571. The summed E-state index contributed by atoms with van der Waals surface area (Å²) in [6.07, 6.45) is -2.31. The van der Waals surface area contributed by atoms with Crippen LogP contribution in [-0.4, -0.2) is 37.5 Å². The summed E-state index contributed by atoms with van der Waals surface area (Å²) in [5.74, 6) is 0. The van der Waals surface area contributed by atoms with E-state index in [1.165, 1.54) is 0 Å². The maximum Gasteiger partial charge on any atom is 0.251 e. The Morgan fingerprint density at radius 1 is 1.17 bits per heavy atom.